The quantitative estimate of drug-likeness (QED) is 0.883. The van der Waals surface area contributed by atoms with E-state index in [2.05, 4.69) is 9.88 Å². The van der Waals surface area contributed by atoms with Gasteiger partial charge in [0.2, 0.25) is 5.91 Å². The molecule has 7 heteroatoms. The van der Waals surface area contributed by atoms with E-state index in [4.69, 9.17) is 5.26 Å². The van der Waals surface area contributed by atoms with E-state index in [1.165, 1.54) is 0 Å². The maximum absolute atomic E-state index is 12.5. The molecule has 0 unspecified atom stereocenters. The predicted octanol–water partition coefficient (Wildman–Crippen LogP) is 0.655. The van der Waals surface area contributed by atoms with Crippen molar-refractivity contribution >= 4 is 11.8 Å². The number of aromatic amines is 1. The number of amides is 2. The number of piperazine rings is 1. The first-order valence-corrected chi connectivity index (χ1v) is 8.51. The lowest BCUT2D eigenvalue weighted by Crippen LogP contribution is -2.55. The van der Waals surface area contributed by atoms with Crippen LogP contribution >= 0.6 is 0 Å². The van der Waals surface area contributed by atoms with Gasteiger partial charge in [-0.2, -0.15) is 5.26 Å². The van der Waals surface area contributed by atoms with Crippen LogP contribution in [-0.2, 0) is 4.79 Å². The summed E-state index contributed by atoms with van der Waals surface area (Å²) in [5.74, 6) is 0.116. The largest absolute Gasteiger partial charge is 0.356 e. The van der Waals surface area contributed by atoms with E-state index in [9.17, 15) is 9.59 Å². The minimum atomic E-state index is -0.129. The topological polar surface area (TPSA) is 83.4 Å². The first kappa shape index (κ1) is 16.5. The number of carbonyl (C=O) groups is 2. The zero-order valence-corrected chi connectivity index (χ0v) is 14.0. The highest BCUT2D eigenvalue weighted by Gasteiger charge is 2.31. The number of H-pyrrole nitrogens is 1. The second-order valence-electron chi connectivity index (χ2n) is 6.45. The molecule has 2 amide bonds. The minimum Gasteiger partial charge on any atom is -0.356 e. The van der Waals surface area contributed by atoms with Gasteiger partial charge in [0.25, 0.3) is 5.91 Å². The molecule has 7 nitrogen and oxygen atoms in total. The third-order valence-electron chi connectivity index (χ3n) is 4.97. The third kappa shape index (κ3) is 3.29. The van der Waals surface area contributed by atoms with Gasteiger partial charge in [-0.3, -0.25) is 14.5 Å². The number of aromatic nitrogens is 1. The van der Waals surface area contributed by atoms with E-state index < -0.39 is 0 Å². The molecule has 128 valence electrons. The maximum atomic E-state index is 12.5. The molecule has 1 atom stereocenters. The van der Waals surface area contributed by atoms with E-state index in [-0.39, 0.29) is 17.9 Å². The number of hydrogen-bond acceptors (Lipinski definition) is 4. The summed E-state index contributed by atoms with van der Waals surface area (Å²) in [6, 6.07) is 3.46. The van der Waals surface area contributed by atoms with Gasteiger partial charge in [-0.25, -0.2) is 0 Å². The number of nitrogens with one attached hydrogen (secondary N) is 1. The van der Waals surface area contributed by atoms with Crippen LogP contribution in [0, 0.1) is 11.3 Å². The van der Waals surface area contributed by atoms with Crippen molar-refractivity contribution in [2.45, 2.75) is 25.8 Å². The number of rotatable bonds is 3. The van der Waals surface area contributed by atoms with Crippen LogP contribution in [0.3, 0.4) is 0 Å². The molecular formula is C17H23N5O2. The van der Waals surface area contributed by atoms with Crippen molar-refractivity contribution in [1.29, 1.82) is 5.26 Å². The molecule has 0 spiro atoms. The molecule has 2 aliphatic heterocycles. The predicted molar refractivity (Wildman–Crippen MR) is 88.3 cm³/mol. The van der Waals surface area contributed by atoms with Gasteiger partial charge in [0.05, 0.1) is 11.6 Å². The van der Waals surface area contributed by atoms with E-state index in [0.717, 1.165) is 25.9 Å². The second kappa shape index (κ2) is 7.05. The fraction of sp³-hybridized carbons (Fsp3) is 0.588. The normalized spacial score (nSPS) is 20.0. The van der Waals surface area contributed by atoms with Crippen LogP contribution in [0.15, 0.2) is 12.3 Å². The number of nitriles is 1. The number of carbonyl (C=O) groups excluding carboxylic acids is 2. The molecule has 1 N–H and O–H groups in total. The molecule has 0 saturated carbocycles. The van der Waals surface area contributed by atoms with E-state index in [1.54, 1.807) is 17.2 Å². The van der Waals surface area contributed by atoms with Gasteiger partial charge in [-0.05, 0) is 25.8 Å². The van der Waals surface area contributed by atoms with Crippen LogP contribution in [0.25, 0.3) is 0 Å². The molecule has 0 aromatic carbocycles. The highest BCUT2D eigenvalue weighted by atomic mass is 16.2. The molecule has 0 bridgehead atoms. The molecule has 0 aliphatic carbocycles. The molecule has 3 rings (SSSR count). The molecule has 0 radical (unpaired) electrons. The van der Waals surface area contributed by atoms with Crippen molar-refractivity contribution < 1.29 is 9.59 Å². The van der Waals surface area contributed by atoms with Crippen LogP contribution in [0.1, 0.15) is 35.8 Å². The number of hydrogen-bond donors (Lipinski definition) is 1. The van der Waals surface area contributed by atoms with E-state index in [0.29, 0.717) is 37.4 Å². The van der Waals surface area contributed by atoms with Crippen molar-refractivity contribution in [2.75, 3.05) is 39.3 Å². The van der Waals surface area contributed by atoms with Gasteiger partial charge in [0, 0.05) is 45.5 Å². The first-order valence-electron chi connectivity index (χ1n) is 8.51. The lowest BCUT2D eigenvalue weighted by molar-refractivity contribution is -0.135. The average molecular weight is 329 g/mol. The van der Waals surface area contributed by atoms with Gasteiger partial charge >= 0.3 is 0 Å². The zero-order chi connectivity index (χ0) is 17.1. The van der Waals surface area contributed by atoms with Crippen LogP contribution in [-0.4, -0.2) is 76.8 Å². The summed E-state index contributed by atoms with van der Waals surface area (Å²) in [4.78, 5) is 33.7. The number of likely N-dealkylation sites (tertiary alicyclic amines) is 1. The Balaban J connectivity index is 1.54. The van der Waals surface area contributed by atoms with Crippen LogP contribution in [0.5, 0.6) is 0 Å². The fourth-order valence-corrected chi connectivity index (χ4v) is 3.42. The summed E-state index contributed by atoms with van der Waals surface area (Å²) in [5, 5.41) is 8.84. The summed E-state index contributed by atoms with van der Waals surface area (Å²) in [6.07, 6.45) is 3.74. The Morgan fingerprint density at radius 1 is 1.12 bits per heavy atom. The molecule has 1 aromatic heterocycles. The van der Waals surface area contributed by atoms with Crippen LogP contribution in [0.4, 0.5) is 0 Å². The van der Waals surface area contributed by atoms with Gasteiger partial charge in [0.15, 0.2) is 0 Å². The molecule has 2 aliphatic rings. The standard InChI is InChI=1S/C17H23N5O2/c1-13(16(23)21-4-2-3-5-21)20-6-8-22(9-7-20)17(24)15-10-14(11-18)12-19-15/h10,12-13,19H,2-9H2,1H3/t13-/m1/s1. The van der Waals surface area contributed by atoms with Crippen LogP contribution < -0.4 is 0 Å². The summed E-state index contributed by atoms with van der Waals surface area (Å²) >= 11 is 0. The van der Waals surface area contributed by atoms with Crippen molar-refractivity contribution in [2.24, 2.45) is 0 Å². The molecule has 2 saturated heterocycles. The Hall–Kier alpha value is -2.33. The van der Waals surface area contributed by atoms with Crippen molar-refractivity contribution in [3.05, 3.63) is 23.5 Å². The second-order valence-corrected chi connectivity index (χ2v) is 6.45. The summed E-state index contributed by atoms with van der Waals surface area (Å²) in [7, 11) is 0. The molecule has 24 heavy (non-hydrogen) atoms. The minimum absolute atomic E-state index is 0.0883. The van der Waals surface area contributed by atoms with Gasteiger partial charge in [0.1, 0.15) is 11.8 Å². The summed E-state index contributed by atoms with van der Waals surface area (Å²) in [5.41, 5.74) is 0.906. The molecule has 2 fully saturated rings. The van der Waals surface area contributed by atoms with Gasteiger partial charge < -0.3 is 14.8 Å². The third-order valence-corrected chi connectivity index (χ3v) is 4.97. The lowest BCUT2D eigenvalue weighted by atomic mass is 10.2. The van der Waals surface area contributed by atoms with Crippen molar-refractivity contribution in [1.82, 2.24) is 19.7 Å². The summed E-state index contributed by atoms with van der Waals surface area (Å²) < 4.78 is 0. The lowest BCUT2D eigenvalue weighted by Gasteiger charge is -2.38. The average Bonchev–Trinajstić information content (AvgIpc) is 3.31. The van der Waals surface area contributed by atoms with Gasteiger partial charge in [-0.15, -0.1) is 0 Å². The monoisotopic (exact) mass is 329 g/mol. The Morgan fingerprint density at radius 2 is 1.79 bits per heavy atom. The highest BCUT2D eigenvalue weighted by Crippen LogP contribution is 2.15. The highest BCUT2D eigenvalue weighted by molar-refractivity contribution is 5.93. The molecule has 3 heterocycles. The smallest absolute Gasteiger partial charge is 0.270 e. The Kier molecular flexibility index (Phi) is 4.86. The number of nitrogens with zero attached hydrogens (tertiary/aromatic N) is 4. The van der Waals surface area contributed by atoms with E-state index in [1.807, 2.05) is 17.9 Å². The van der Waals surface area contributed by atoms with Crippen molar-refractivity contribution in [3.63, 3.8) is 0 Å². The Morgan fingerprint density at radius 3 is 2.38 bits per heavy atom. The van der Waals surface area contributed by atoms with E-state index >= 15 is 0 Å². The van der Waals surface area contributed by atoms with Crippen LogP contribution in [0.2, 0.25) is 0 Å². The molecule has 1 aromatic rings. The Labute approximate surface area is 141 Å². The maximum Gasteiger partial charge on any atom is 0.270 e. The Bertz CT molecular complexity index is 648. The first-order chi connectivity index (χ1) is 11.6. The van der Waals surface area contributed by atoms with Crippen molar-refractivity contribution in [3.8, 4) is 6.07 Å². The summed E-state index contributed by atoms with van der Waals surface area (Å²) in [6.45, 7) is 6.28. The molecular weight excluding hydrogens is 306 g/mol. The fourth-order valence-electron chi connectivity index (χ4n) is 3.42. The zero-order valence-electron chi connectivity index (χ0n) is 14.0. The SMILES string of the molecule is C[C@H](C(=O)N1CCCC1)N1CCN(C(=O)c2cc(C#N)c[nH]2)CC1. The van der Waals surface area contributed by atoms with Gasteiger partial charge in [-0.1, -0.05) is 0 Å².